The normalized spacial score (nSPS) is 12.0. The molecule has 0 aromatic rings. The first-order chi connectivity index (χ1) is 10.8. The van der Waals surface area contributed by atoms with Crippen LogP contribution >= 0.6 is 0 Å². The Bertz CT molecular complexity index is 327. The van der Waals surface area contributed by atoms with Crippen molar-refractivity contribution in [1.82, 2.24) is 0 Å². The smallest absolute Gasteiger partial charge is 0.303 e. The van der Waals surface area contributed by atoms with Gasteiger partial charge in [-0.25, -0.2) is 0 Å². The number of aliphatic carboxylic acids is 1. The van der Waals surface area contributed by atoms with E-state index in [0.29, 0.717) is 6.42 Å². The third-order valence-electron chi connectivity index (χ3n) is 3.54. The molecule has 0 aromatic heterocycles. The van der Waals surface area contributed by atoms with Gasteiger partial charge >= 0.3 is 5.97 Å². The Hall–Kier alpha value is -1.31. The lowest BCUT2D eigenvalue weighted by molar-refractivity contribution is -0.137. The number of unbranched alkanes of at least 4 members (excludes halogenated alkanes) is 7. The van der Waals surface area contributed by atoms with Crippen LogP contribution in [0.4, 0.5) is 0 Å². The molecule has 0 aromatic carbocycles. The molecule has 0 atom stereocenters. The number of hydrogen-bond donors (Lipinski definition) is 1. The van der Waals surface area contributed by atoms with E-state index in [4.69, 9.17) is 5.11 Å². The summed E-state index contributed by atoms with van der Waals surface area (Å²) in [5.74, 6) is -0.668. The first-order valence-corrected chi connectivity index (χ1v) is 8.94. The molecule has 0 aliphatic rings. The molecule has 22 heavy (non-hydrogen) atoms. The zero-order chi connectivity index (χ0) is 16.3. The lowest BCUT2D eigenvalue weighted by atomic mass is 10.1. The first kappa shape index (κ1) is 20.7. The monoisotopic (exact) mass is 306 g/mol. The minimum Gasteiger partial charge on any atom is -0.481 e. The summed E-state index contributed by atoms with van der Waals surface area (Å²) in [7, 11) is 0. The van der Waals surface area contributed by atoms with E-state index in [1.165, 1.54) is 38.5 Å². The van der Waals surface area contributed by atoms with Gasteiger partial charge in [0.1, 0.15) is 0 Å². The van der Waals surface area contributed by atoms with Gasteiger partial charge in [-0.05, 0) is 38.5 Å². The van der Waals surface area contributed by atoms with E-state index in [1.54, 1.807) is 0 Å². The molecule has 2 nitrogen and oxygen atoms in total. The molecule has 0 saturated carbocycles. The molecule has 0 amide bonds. The molecule has 0 fully saturated rings. The second kappa shape index (κ2) is 17.7. The zero-order valence-electron chi connectivity index (χ0n) is 14.3. The van der Waals surface area contributed by atoms with E-state index in [-0.39, 0.29) is 0 Å². The van der Waals surface area contributed by atoms with Gasteiger partial charge in [-0.15, -0.1) is 0 Å². The molecule has 0 saturated heterocycles. The summed E-state index contributed by atoms with van der Waals surface area (Å²) in [6.45, 7) is 2.16. The highest BCUT2D eigenvalue weighted by Gasteiger charge is 1.96. The van der Waals surface area contributed by atoms with Gasteiger partial charge in [0.2, 0.25) is 0 Å². The Morgan fingerprint density at radius 3 is 1.82 bits per heavy atom. The summed E-state index contributed by atoms with van der Waals surface area (Å²) >= 11 is 0. The number of rotatable bonds is 15. The average molecular weight is 306 g/mol. The summed E-state index contributed by atoms with van der Waals surface area (Å²) in [4.78, 5) is 10.3. The Balaban J connectivity index is 3.20. The molecule has 0 radical (unpaired) electrons. The third kappa shape index (κ3) is 18.7. The molecule has 0 rings (SSSR count). The van der Waals surface area contributed by atoms with Crippen molar-refractivity contribution in [2.75, 3.05) is 0 Å². The van der Waals surface area contributed by atoms with E-state index < -0.39 is 5.97 Å². The van der Waals surface area contributed by atoms with Gasteiger partial charge in [0.15, 0.2) is 0 Å². The molecule has 0 unspecified atom stereocenters. The van der Waals surface area contributed by atoms with Gasteiger partial charge in [-0.1, -0.05) is 75.5 Å². The number of carboxylic acid groups (broad SMARTS) is 1. The lowest BCUT2D eigenvalue weighted by Crippen LogP contribution is -1.93. The van der Waals surface area contributed by atoms with E-state index >= 15 is 0 Å². The van der Waals surface area contributed by atoms with Crippen LogP contribution < -0.4 is 0 Å². The lowest BCUT2D eigenvalue weighted by Gasteiger charge is -2.00. The maximum absolute atomic E-state index is 10.3. The molecule has 126 valence electrons. The van der Waals surface area contributed by atoms with E-state index in [1.807, 2.05) is 0 Å². The van der Waals surface area contributed by atoms with E-state index in [9.17, 15) is 4.79 Å². The first-order valence-electron chi connectivity index (χ1n) is 8.94. The number of carbonyl (C=O) groups is 1. The highest BCUT2D eigenvalue weighted by Crippen LogP contribution is 2.10. The Labute approximate surface area is 137 Å². The molecule has 0 aliphatic heterocycles. The van der Waals surface area contributed by atoms with Crippen LogP contribution in [0.25, 0.3) is 0 Å². The maximum atomic E-state index is 10.3. The van der Waals surface area contributed by atoms with Crippen molar-refractivity contribution < 1.29 is 9.90 Å². The molecular formula is C20H34O2. The van der Waals surface area contributed by atoms with Crippen molar-refractivity contribution in [2.24, 2.45) is 0 Å². The van der Waals surface area contributed by atoms with Gasteiger partial charge in [0.25, 0.3) is 0 Å². The van der Waals surface area contributed by atoms with Crippen molar-refractivity contribution >= 4 is 5.97 Å². The van der Waals surface area contributed by atoms with Gasteiger partial charge < -0.3 is 5.11 Å². The van der Waals surface area contributed by atoms with Gasteiger partial charge in [-0.3, -0.25) is 4.79 Å². The zero-order valence-corrected chi connectivity index (χ0v) is 14.3. The maximum Gasteiger partial charge on any atom is 0.303 e. The fourth-order valence-electron chi connectivity index (χ4n) is 2.25. The summed E-state index contributed by atoms with van der Waals surface area (Å²) in [6.07, 6.45) is 26.3. The van der Waals surface area contributed by atoms with Crippen LogP contribution in [0.3, 0.4) is 0 Å². The Kier molecular flexibility index (Phi) is 16.7. The number of hydrogen-bond acceptors (Lipinski definition) is 1. The van der Waals surface area contributed by atoms with Gasteiger partial charge in [-0.2, -0.15) is 0 Å². The van der Waals surface area contributed by atoms with Crippen molar-refractivity contribution in [2.45, 2.75) is 84.0 Å². The van der Waals surface area contributed by atoms with E-state index in [0.717, 1.165) is 32.1 Å². The third-order valence-corrected chi connectivity index (χ3v) is 3.54. The summed E-state index contributed by atoms with van der Waals surface area (Å²) in [6, 6.07) is 0. The fourth-order valence-corrected chi connectivity index (χ4v) is 2.25. The molecule has 1 N–H and O–H groups in total. The van der Waals surface area contributed by atoms with Crippen molar-refractivity contribution in [1.29, 1.82) is 0 Å². The van der Waals surface area contributed by atoms with Crippen LogP contribution in [0.1, 0.15) is 84.0 Å². The molecule has 0 bridgehead atoms. The minimum atomic E-state index is -0.668. The van der Waals surface area contributed by atoms with Crippen LogP contribution in [-0.2, 0) is 4.79 Å². The minimum absolute atomic E-state index is 0.328. The Morgan fingerprint density at radius 1 is 0.727 bits per heavy atom. The van der Waals surface area contributed by atoms with Crippen molar-refractivity contribution in [3.63, 3.8) is 0 Å². The quantitative estimate of drug-likeness (QED) is 0.279. The summed E-state index contributed by atoms with van der Waals surface area (Å²) < 4.78 is 0. The predicted molar refractivity (Wildman–Crippen MR) is 96.1 cm³/mol. The molecule has 2 heteroatoms. The van der Waals surface area contributed by atoms with Gasteiger partial charge in [0, 0.05) is 6.42 Å². The van der Waals surface area contributed by atoms with Gasteiger partial charge in [0.05, 0.1) is 0 Å². The Morgan fingerprint density at radius 2 is 1.23 bits per heavy atom. The molecule has 0 spiro atoms. The average Bonchev–Trinajstić information content (AvgIpc) is 2.50. The predicted octanol–water partition coefficient (Wildman–Crippen LogP) is 6.44. The highest BCUT2D eigenvalue weighted by atomic mass is 16.4. The topological polar surface area (TPSA) is 37.3 Å². The van der Waals surface area contributed by atoms with Crippen LogP contribution in [0.5, 0.6) is 0 Å². The molecule has 0 heterocycles. The molecular weight excluding hydrogens is 272 g/mol. The van der Waals surface area contributed by atoms with Crippen molar-refractivity contribution in [3.05, 3.63) is 36.5 Å². The molecule has 0 aliphatic carbocycles. The second-order valence-electron chi connectivity index (χ2n) is 5.70. The summed E-state index contributed by atoms with van der Waals surface area (Å²) in [5.41, 5.74) is 0. The van der Waals surface area contributed by atoms with Crippen LogP contribution in [0, 0.1) is 0 Å². The largest absolute Gasteiger partial charge is 0.481 e. The SMILES string of the molecule is CCC=CC/C=C\C/C=C/CCCCCCCCCC(=O)O. The highest BCUT2D eigenvalue weighted by molar-refractivity contribution is 5.66. The fraction of sp³-hybridized carbons (Fsp3) is 0.650. The summed E-state index contributed by atoms with van der Waals surface area (Å²) in [5, 5.41) is 8.53. The number of allylic oxidation sites excluding steroid dienone is 6. The number of carboxylic acids is 1. The second-order valence-corrected chi connectivity index (χ2v) is 5.70. The van der Waals surface area contributed by atoms with Crippen LogP contribution in [0.15, 0.2) is 36.5 Å². The standard InChI is InChI=1S/C20H34O2/c1-2-3-4-5-6-7-8-9-10-11-12-13-14-15-16-17-18-19-20(21)22/h3-4,6-7,9-10H,2,5,8,11-19H2,1H3,(H,21,22)/b4-3?,7-6-,10-9+. The van der Waals surface area contributed by atoms with Crippen LogP contribution in [-0.4, -0.2) is 11.1 Å². The van der Waals surface area contributed by atoms with E-state index in [2.05, 4.69) is 43.4 Å². The van der Waals surface area contributed by atoms with Crippen molar-refractivity contribution in [3.8, 4) is 0 Å². The van der Waals surface area contributed by atoms with Crippen LogP contribution in [0.2, 0.25) is 0 Å².